The molecule has 0 spiro atoms. The number of halogens is 2. The van der Waals surface area contributed by atoms with E-state index in [4.69, 9.17) is 20.8 Å². The smallest absolute Gasteiger partial charge is 0.336 e. The SMILES string of the molecule is CCCc1cc(=O)oc2cc(O[C@H](C)C(=O)Nc3ccc(F)cc3Cl)ccc12. The summed E-state index contributed by atoms with van der Waals surface area (Å²) < 4.78 is 24.0. The Morgan fingerprint density at radius 2 is 2.04 bits per heavy atom. The first-order valence-electron chi connectivity index (χ1n) is 8.86. The minimum absolute atomic E-state index is 0.0940. The van der Waals surface area contributed by atoms with Gasteiger partial charge in [0.1, 0.15) is 17.1 Å². The summed E-state index contributed by atoms with van der Waals surface area (Å²) in [7, 11) is 0. The van der Waals surface area contributed by atoms with Crippen molar-refractivity contribution in [2.24, 2.45) is 0 Å². The van der Waals surface area contributed by atoms with Gasteiger partial charge >= 0.3 is 5.63 Å². The molecule has 0 saturated heterocycles. The molecule has 1 amide bonds. The third-order valence-electron chi connectivity index (χ3n) is 4.19. The van der Waals surface area contributed by atoms with E-state index in [1.165, 1.54) is 18.2 Å². The van der Waals surface area contributed by atoms with Crippen molar-refractivity contribution >= 4 is 34.2 Å². The number of hydrogen-bond acceptors (Lipinski definition) is 4. The number of anilines is 1. The standard InChI is InChI=1S/C21H19ClFNO4/c1-3-4-13-9-20(25)28-19-11-15(6-7-16(13)19)27-12(2)21(26)24-18-8-5-14(23)10-17(18)22/h5-12H,3-4H2,1-2H3,(H,24,26)/t12-/m1/s1. The first-order valence-corrected chi connectivity index (χ1v) is 9.24. The molecule has 0 aliphatic heterocycles. The van der Waals surface area contributed by atoms with Crippen LogP contribution in [0.25, 0.3) is 11.0 Å². The second-order valence-corrected chi connectivity index (χ2v) is 6.78. The number of rotatable bonds is 6. The Morgan fingerprint density at radius 3 is 2.75 bits per heavy atom. The fourth-order valence-electron chi connectivity index (χ4n) is 2.84. The quantitative estimate of drug-likeness (QED) is 0.591. The molecule has 0 fully saturated rings. The lowest BCUT2D eigenvalue weighted by Crippen LogP contribution is -2.30. The van der Waals surface area contributed by atoms with Crippen LogP contribution in [0.5, 0.6) is 5.75 Å². The van der Waals surface area contributed by atoms with Crippen LogP contribution >= 0.6 is 11.6 Å². The van der Waals surface area contributed by atoms with Crippen molar-refractivity contribution in [3.05, 3.63) is 69.3 Å². The summed E-state index contributed by atoms with van der Waals surface area (Å²) in [5.41, 5.74) is 1.18. The molecule has 3 rings (SSSR count). The van der Waals surface area contributed by atoms with E-state index in [1.54, 1.807) is 25.1 Å². The van der Waals surface area contributed by atoms with Gasteiger partial charge in [0.05, 0.1) is 10.7 Å². The predicted molar refractivity (Wildman–Crippen MR) is 107 cm³/mol. The number of carbonyl (C=O) groups excluding carboxylic acids is 1. The monoisotopic (exact) mass is 403 g/mol. The summed E-state index contributed by atoms with van der Waals surface area (Å²) in [5, 5.41) is 3.52. The van der Waals surface area contributed by atoms with Crippen LogP contribution in [-0.4, -0.2) is 12.0 Å². The lowest BCUT2D eigenvalue weighted by atomic mass is 10.1. The largest absolute Gasteiger partial charge is 0.481 e. The minimum atomic E-state index is -0.857. The van der Waals surface area contributed by atoms with Crippen molar-refractivity contribution in [2.45, 2.75) is 32.8 Å². The summed E-state index contributed by atoms with van der Waals surface area (Å²) in [4.78, 5) is 24.1. The van der Waals surface area contributed by atoms with Crippen LogP contribution in [0.1, 0.15) is 25.8 Å². The number of nitrogens with one attached hydrogen (secondary N) is 1. The summed E-state index contributed by atoms with van der Waals surface area (Å²) in [6.45, 7) is 3.60. The van der Waals surface area contributed by atoms with Gasteiger partial charge in [-0.05, 0) is 49.2 Å². The van der Waals surface area contributed by atoms with Crippen molar-refractivity contribution in [3.8, 4) is 5.75 Å². The van der Waals surface area contributed by atoms with Crippen LogP contribution in [0.2, 0.25) is 5.02 Å². The van der Waals surface area contributed by atoms with Gasteiger partial charge < -0.3 is 14.5 Å². The lowest BCUT2D eigenvalue weighted by molar-refractivity contribution is -0.122. The second kappa shape index (κ2) is 8.44. The van der Waals surface area contributed by atoms with E-state index in [-0.39, 0.29) is 10.7 Å². The van der Waals surface area contributed by atoms with Crippen molar-refractivity contribution < 1.29 is 18.3 Å². The van der Waals surface area contributed by atoms with Gasteiger partial charge in [-0.15, -0.1) is 0 Å². The maximum atomic E-state index is 13.1. The predicted octanol–water partition coefficient (Wildman–Crippen LogP) is 4.94. The van der Waals surface area contributed by atoms with Crippen molar-refractivity contribution in [2.75, 3.05) is 5.32 Å². The average molecular weight is 404 g/mol. The van der Waals surface area contributed by atoms with Gasteiger partial charge in [-0.2, -0.15) is 0 Å². The first kappa shape index (κ1) is 19.9. The van der Waals surface area contributed by atoms with Gasteiger partial charge in [-0.1, -0.05) is 24.9 Å². The molecule has 0 unspecified atom stereocenters. The Balaban J connectivity index is 1.77. The fourth-order valence-corrected chi connectivity index (χ4v) is 3.06. The molecule has 28 heavy (non-hydrogen) atoms. The molecular formula is C21H19ClFNO4. The number of fused-ring (bicyclic) bond motifs is 1. The van der Waals surface area contributed by atoms with E-state index in [2.05, 4.69) is 5.32 Å². The van der Waals surface area contributed by atoms with Crippen molar-refractivity contribution in [1.29, 1.82) is 0 Å². The number of hydrogen-bond donors (Lipinski definition) is 1. The second-order valence-electron chi connectivity index (χ2n) is 6.37. The van der Waals surface area contributed by atoms with Crippen LogP contribution in [0.15, 0.2) is 51.7 Å². The van der Waals surface area contributed by atoms with Gasteiger partial charge in [0, 0.05) is 17.5 Å². The van der Waals surface area contributed by atoms with E-state index in [0.717, 1.165) is 29.9 Å². The van der Waals surface area contributed by atoms with E-state index < -0.39 is 23.5 Å². The van der Waals surface area contributed by atoms with Crippen molar-refractivity contribution in [3.63, 3.8) is 0 Å². The molecule has 1 heterocycles. The maximum absolute atomic E-state index is 13.1. The van der Waals surface area contributed by atoms with E-state index >= 15 is 0 Å². The fraction of sp³-hybridized carbons (Fsp3) is 0.238. The van der Waals surface area contributed by atoms with Gasteiger partial charge in [-0.3, -0.25) is 4.79 Å². The third kappa shape index (κ3) is 4.51. The molecule has 5 nitrogen and oxygen atoms in total. The van der Waals surface area contributed by atoms with Crippen molar-refractivity contribution in [1.82, 2.24) is 0 Å². The number of carbonyl (C=O) groups is 1. The summed E-state index contributed by atoms with van der Waals surface area (Å²) >= 11 is 5.92. The Kier molecular flexibility index (Phi) is 5.99. The van der Waals surface area contributed by atoms with Crippen LogP contribution < -0.4 is 15.7 Å². The Hall–Kier alpha value is -2.86. The van der Waals surface area contributed by atoms with Gasteiger partial charge in [-0.25, -0.2) is 9.18 Å². The van der Waals surface area contributed by atoms with E-state index in [9.17, 15) is 14.0 Å². The summed E-state index contributed by atoms with van der Waals surface area (Å²) in [6.07, 6.45) is 0.809. The van der Waals surface area contributed by atoms with Gasteiger partial charge in [0.15, 0.2) is 6.10 Å². The number of amides is 1. The zero-order valence-electron chi connectivity index (χ0n) is 15.4. The molecule has 3 aromatic rings. The first-order chi connectivity index (χ1) is 13.4. The Morgan fingerprint density at radius 1 is 1.25 bits per heavy atom. The van der Waals surface area contributed by atoms with Crippen LogP contribution in [-0.2, 0) is 11.2 Å². The van der Waals surface area contributed by atoms with Gasteiger partial charge in [0.25, 0.3) is 5.91 Å². The third-order valence-corrected chi connectivity index (χ3v) is 4.50. The zero-order chi connectivity index (χ0) is 20.3. The molecule has 7 heteroatoms. The molecular weight excluding hydrogens is 385 g/mol. The van der Waals surface area contributed by atoms with Gasteiger partial charge in [0.2, 0.25) is 0 Å². The molecule has 0 radical (unpaired) electrons. The maximum Gasteiger partial charge on any atom is 0.336 e. The summed E-state index contributed by atoms with van der Waals surface area (Å²) in [5.74, 6) is -0.556. The highest BCUT2D eigenvalue weighted by atomic mass is 35.5. The zero-order valence-corrected chi connectivity index (χ0v) is 16.2. The summed E-state index contributed by atoms with van der Waals surface area (Å²) in [6, 6.07) is 10.3. The highest BCUT2D eigenvalue weighted by Crippen LogP contribution is 2.25. The molecule has 146 valence electrons. The average Bonchev–Trinajstić information content (AvgIpc) is 2.63. The number of benzene rings is 2. The van der Waals surface area contributed by atoms with E-state index in [0.29, 0.717) is 11.3 Å². The molecule has 0 saturated carbocycles. The van der Waals surface area contributed by atoms with E-state index in [1.807, 2.05) is 6.92 Å². The molecule has 1 N–H and O–H groups in total. The molecule has 1 atom stereocenters. The molecule has 0 aliphatic rings. The van der Waals surface area contributed by atoms with Crippen LogP contribution in [0, 0.1) is 5.82 Å². The molecule has 0 bridgehead atoms. The highest BCUT2D eigenvalue weighted by molar-refractivity contribution is 6.33. The van der Waals surface area contributed by atoms with Crippen LogP contribution in [0.4, 0.5) is 10.1 Å². The molecule has 0 aliphatic carbocycles. The number of aryl methyl sites for hydroxylation is 1. The minimum Gasteiger partial charge on any atom is -0.481 e. The molecule has 1 aromatic heterocycles. The lowest BCUT2D eigenvalue weighted by Gasteiger charge is -2.16. The van der Waals surface area contributed by atoms with Crippen LogP contribution in [0.3, 0.4) is 0 Å². The number of ether oxygens (including phenoxy) is 1. The molecule has 2 aromatic carbocycles. The Bertz CT molecular complexity index is 1080. The Labute approximate surface area is 166 Å². The normalized spacial score (nSPS) is 12.0. The highest BCUT2D eigenvalue weighted by Gasteiger charge is 2.17. The topological polar surface area (TPSA) is 68.5 Å².